The first-order valence-electron chi connectivity index (χ1n) is 7.23. The molecular weight excluding hydrogens is 266 g/mol. The van der Waals surface area contributed by atoms with Gasteiger partial charge in [-0.3, -0.25) is 0 Å². The molecule has 3 rings (SSSR count). The number of hydrogen-bond acceptors (Lipinski definition) is 3. The number of rotatable bonds is 4. The number of thioether (sulfide) groups is 1. The monoisotopic (exact) mass is 287 g/mol. The van der Waals surface area contributed by atoms with Crippen LogP contribution in [-0.2, 0) is 6.54 Å². The molecule has 0 radical (unpaired) electrons. The Morgan fingerprint density at radius 1 is 1.40 bits per heavy atom. The maximum atomic E-state index is 4.48. The Kier molecular flexibility index (Phi) is 4.43. The van der Waals surface area contributed by atoms with Gasteiger partial charge in [0.1, 0.15) is 0 Å². The first-order valence-corrected chi connectivity index (χ1v) is 8.39. The maximum absolute atomic E-state index is 4.48. The van der Waals surface area contributed by atoms with E-state index in [1.807, 2.05) is 10.9 Å². The molecule has 1 N–H and O–H groups in total. The Labute approximate surface area is 124 Å². The van der Waals surface area contributed by atoms with Crippen LogP contribution in [0.2, 0.25) is 0 Å². The minimum atomic E-state index is 0.663. The average molecular weight is 287 g/mol. The summed E-state index contributed by atoms with van der Waals surface area (Å²) < 4.78 is 1.97. The number of nitrogens with zero attached hydrogens (tertiary/aromatic N) is 2. The third kappa shape index (κ3) is 3.25. The minimum Gasteiger partial charge on any atom is -0.309 e. The van der Waals surface area contributed by atoms with Crippen LogP contribution in [0.15, 0.2) is 36.7 Å². The lowest BCUT2D eigenvalue weighted by molar-refractivity contribution is 0.507. The van der Waals surface area contributed by atoms with Crippen LogP contribution in [0.3, 0.4) is 0 Å². The SMILES string of the molecule is Cc1ccccc1-n1cc(CNC2CCCSC2)cn1. The molecule has 1 unspecified atom stereocenters. The van der Waals surface area contributed by atoms with Crippen molar-refractivity contribution in [2.45, 2.75) is 32.4 Å². The average Bonchev–Trinajstić information content (AvgIpc) is 2.95. The summed E-state index contributed by atoms with van der Waals surface area (Å²) in [7, 11) is 0. The van der Waals surface area contributed by atoms with Gasteiger partial charge >= 0.3 is 0 Å². The van der Waals surface area contributed by atoms with Crippen molar-refractivity contribution in [1.82, 2.24) is 15.1 Å². The third-order valence-corrected chi connectivity index (χ3v) is 4.97. The van der Waals surface area contributed by atoms with Gasteiger partial charge in [-0.1, -0.05) is 18.2 Å². The van der Waals surface area contributed by atoms with E-state index in [9.17, 15) is 0 Å². The van der Waals surface area contributed by atoms with E-state index < -0.39 is 0 Å². The predicted molar refractivity (Wildman–Crippen MR) is 85.5 cm³/mol. The van der Waals surface area contributed by atoms with E-state index in [1.54, 1.807) is 0 Å². The first kappa shape index (κ1) is 13.7. The molecule has 1 aliphatic heterocycles. The fraction of sp³-hybridized carbons (Fsp3) is 0.438. The lowest BCUT2D eigenvalue weighted by Gasteiger charge is -2.22. The van der Waals surface area contributed by atoms with Gasteiger partial charge in [0.25, 0.3) is 0 Å². The fourth-order valence-corrected chi connectivity index (χ4v) is 3.67. The quantitative estimate of drug-likeness (QED) is 0.937. The molecule has 0 aliphatic carbocycles. The van der Waals surface area contributed by atoms with Crippen molar-refractivity contribution in [3.8, 4) is 5.69 Å². The van der Waals surface area contributed by atoms with Crippen LogP contribution in [0.1, 0.15) is 24.0 Å². The molecule has 1 aliphatic rings. The van der Waals surface area contributed by atoms with Crippen molar-refractivity contribution in [3.05, 3.63) is 47.8 Å². The van der Waals surface area contributed by atoms with Crippen LogP contribution >= 0.6 is 11.8 Å². The summed E-state index contributed by atoms with van der Waals surface area (Å²) >= 11 is 2.06. The van der Waals surface area contributed by atoms with Crippen LogP contribution in [0.5, 0.6) is 0 Å². The van der Waals surface area contributed by atoms with Gasteiger partial charge in [-0.2, -0.15) is 16.9 Å². The molecule has 4 heteroatoms. The Balaban J connectivity index is 1.63. The molecule has 1 fully saturated rings. The standard InChI is InChI=1S/C16H21N3S/c1-13-5-2-3-7-16(13)19-11-14(10-18-19)9-17-15-6-4-8-20-12-15/h2-3,5,7,10-11,15,17H,4,6,8-9,12H2,1H3. The molecule has 3 nitrogen and oxygen atoms in total. The highest BCUT2D eigenvalue weighted by Crippen LogP contribution is 2.17. The molecule has 20 heavy (non-hydrogen) atoms. The van der Waals surface area contributed by atoms with Crippen molar-refractivity contribution in [2.75, 3.05) is 11.5 Å². The summed E-state index contributed by atoms with van der Waals surface area (Å²) in [6.45, 7) is 3.03. The predicted octanol–water partition coefficient (Wildman–Crippen LogP) is 3.17. The molecule has 106 valence electrons. The highest BCUT2D eigenvalue weighted by molar-refractivity contribution is 7.99. The van der Waals surface area contributed by atoms with E-state index in [2.05, 4.69) is 59.6 Å². The van der Waals surface area contributed by atoms with Crippen LogP contribution < -0.4 is 5.32 Å². The normalized spacial score (nSPS) is 19.1. The van der Waals surface area contributed by atoms with E-state index >= 15 is 0 Å². The van der Waals surface area contributed by atoms with Gasteiger partial charge in [-0.15, -0.1) is 0 Å². The zero-order valence-electron chi connectivity index (χ0n) is 11.9. The van der Waals surface area contributed by atoms with E-state index in [-0.39, 0.29) is 0 Å². The number of benzene rings is 1. The molecule has 1 saturated heterocycles. The molecule has 1 aromatic carbocycles. The summed E-state index contributed by atoms with van der Waals surface area (Å²) in [5, 5.41) is 8.13. The third-order valence-electron chi connectivity index (χ3n) is 3.75. The molecule has 0 bridgehead atoms. The van der Waals surface area contributed by atoms with E-state index in [1.165, 1.54) is 35.5 Å². The van der Waals surface area contributed by atoms with Crippen LogP contribution in [0, 0.1) is 6.92 Å². The van der Waals surface area contributed by atoms with Crippen LogP contribution in [-0.4, -0.2) is 27.3 Å². The van der Waals surface area contributed by atoms with Gasteiger partial charge in [0.15, 0.2) is 0 Å². The van der Waals surface area contributed by atoms with E-state index in [4.69, 9.17) is 0 Å². The smallest absolute Gasteiger partial charge is 0.0674 e. The number of hydrogen-bond donors (Lipinski definition) is 1. The molecule has 0 amide bonds. The second kappa shape index (κ2) is 6.46. The Bertz CT molecular complexity index is 558. The van der Waals surface area contributed by atoms with Gasteiger partial charge in [-0.25, -0.2) is 4.68 Å². The van der Waals surface area contributed by atoms with Gasteiger partial charge in [0.2, 0.25) is 0 Å². The number of para-hydroxylation sites is 1. The van der Waals surface area contributed by atoms with Gasteiger partial charge in [0.05, 0.1) is 11.9 Å². The Hall–Kier alpha value is -1.26. The van der Waals surface area contributed by atoms with Crippen molar-refractivity contribution < 1.29 is 0 Å². The van der Waals surface area contributed by atoms with Crippen molar-refractivity contribution >= 4 is 11.8 Å². The molecule has 1 atom stereocenters. The highest BCUT2D eigenvalue weighted by atomic mass is 32.2. The highest BCUT2D eigenvalue weighted by Gasteiger charge is 2.13. The van der Waals surface area contributed by atoms with Crippen molar-refractivity contribution in [3.63, 3.8) is 0 Å². The topological polar surface area (TPSA) is 29.9 Å². The second-order valence-electron chi connectivity index (χ2n) is 5.37. The van der Waals surface area contributed by atoms with Crippen molar-refractivity contribution in [2.24, 2.45) is 0 Å². The summed E-state index contributed by atoms with van der Waals surface area (Å²) in [5.41, 5.74) is 3.66. The fourth-order valence-electron chi connectivity index (χ4n) is 2.57. The van der Waals surface area contributed by atoms with Crippen LogP contribution in [0.4, 0.5) is 0 Å². The summed E-state index contributed by atoms with van der Waals surface area (Å²) in [6, 6.07) is 9.01. The zero-order chi connectivity index (χ0) is 13.8. The Morgan fingerprint density at radius 2 is 2.30 bits per heavy atom. The lowest BCUT2D eigenvalue weighted by Crippen LogP contribution is -2.33. The largest absolute Gasteiger partial charge is 0.309 e. The Morgan fingerprint density at radius 3 is 3.10 bits per heavy atom. The molecule has 0 saturated carbocycles. The minimum absolute atomic E-state index is 0.663. The first-order chi connectivity index (χ1) is 9.83. The van der Waals surface area contributed by atoms with Crippen LogP contribution in [0.25, 0.3) is 5.69 Å². The number of nitrogens with one attached hydrogen (secondary N) is 1. The lowest BCUT2D eigenvalue weighted by atomic mass is 10.2. The second-order valence-corrected chi connectivity index (χ2v) is 6.52. The molecule has 1 aromatic heterocycles. The van der Waals surface area contributed by atoms with Gasteiger partial charge in [0, 0.05) is 30.1 Å². The zero-order valence-corrected chi connectivity index (χ0v) is 12.7. The molecule has 2 heterocycles. The van der Waals surface area contributed by atoms with E-state index in [0.29, 0.717) is 6.04 Å². The molecule has 0 spiro atoms. The van der Waals surface area contributed by atoms with E-state index in [0.717, 1.165) is 12.2 Å². The molecule has 2 aromatic rings. The van der Waals surface area contributed by atoms with Gasteiger partial charge in [-0.05, 0) is 37.1 Å². The summed E-state index contributed by atoms with van der Waals surface area (Å²) in [4.78, 5) is 0. The van der Waals surface area contributed by atoms with Crippen molar-refractivity contribution in [1.29, 1.82) is 0 Å². The maximum Gasteiger partial charge on any atom is 0.0674 e. The number of aromatic nitrogens is 2. The summed E-state index contributed by atoms with van der Waals surface area (Å²) in [6.07, 6.45) is 6.74. The summed E-state index contributed by atoms with van der Waals surface area (Å²) in [5.74, 6) is 2.56. The van der Waals surface area contributed by atoms with Gasteiger partial charge < -0.3 is 5.32 Å². The molecular formula is C16H21N3S. The number of aryl methyl sites for hydroxylation is 1.